The van der Waals surface area contributed by atoms with Crippen molar-refractivity contribution in [3.8, 4) is 28.4 Å². The van der Waals surface area contributed by atoms with E-state index in [2.05, 4.69) is 15.5 Å². The molecule has 206 valence electrons. The van der Waals surface area contributed by atoms with Gasteiger partial charge in [-0.1, -0.05) is 41.9 Å². The number of esters is 1. The van der Waals surface area contributed by atoms with Crippen LogP contribution in [0.3, 0.4) is 0 Å². The molecule has 1 amide bonds. The van der Waals surface area contributed by atoms with E-state index in [1.165, 1.54) is 26.5 Å². The second kappa shape index (κ2) is 11.9. The molecule has 1 aromatic heterocycles. The Bertz CT molecular complexity index is 1780. The summed E-state index contributed by atoms with van der Waals surface area (Å²) < 4.78 is 30.5. The van der Waals surface area contributed by atoms with E-state index in [0.29, 0.717) is 38.4 Å². The van der Waals surface area contributed by atoms with Crippen LogP contribution in [0.4, 0.5) is 4.39 Å². The van der Waals surface area contributed by atoms with Gasteiger partial charge in [0.15, 0.2) is 11.5 Å². The predicted molar refractivity (Wildman–Crippen MR) is 155 cm³/mol. The maximum atomic E-state index is 14.6. The summed E-state index contributed by atoms with van der Waals surface area (Å²) in [5.41, 5.74) is 4.69. The van der Waals surface area contributed by atoms with Gasteiger partial charge in [0.25, 0.3) is 5.91 Å². The van der Waals surface area contributed by atoms with Crippen molar-refractivity contribution in [1.82, 2.24) is 10.4 Å². The lowest BCUT2D eigenvalue weighted by atomic mass is 10.0. The molecular formula is C31H23ClFN3O5. The van der Waals surface area contributed by atoms with Crippen molar-refractivity contribution in [3.05, 3.63) is 113 Å². The van der Waals surface area contributed by atoms with Gasteiger partial charge in [0.05, 0.1) is 31.5 Å². The van der Waals surface area contributed by atoms with Crippen molar-refractivity contribution in [2.75, 3.05) is 14.2 Å². The van der Waals surface area contributed by atoms with Crippen LogP contribution < -0.4 is 19.6 Å². The monoisotopic (exact) mass is 571 g/mol. The van der Waals surface area contributed by atoms with Gasteiger partial charge in [-0.15, -0.1) is 0 Å². The largest absolute Gasteiger partial charge is 0.497 e. The van der Waals surface area contributed by atoms with E-state index in [1.807, 2.05) is 0 Å². The molecule has 0 fully saturated rings. The quantitative estimate of drug-likeness (QED) is 0.0942. The maximum Gasteiger partial charge on any atom is 0.343 e. The van der Waals surface area contributed by atoms with Gasteiger partial charge in [0, 0.05) is 21.5 Å². The average molecular weight is 572 g/mol. The predicted octanol–water partition coefficient (Wildman–Crippen LogP) is 6.63. The number of benzene rings is 4. The van der Waals surface area contributed by atoms with E-state index < -0.39 is 17.7 Å². The van der Waals surface area contributed by atoms with Gasteiger partial charge in [-0.05, 0) is 60.2 Å². The number of amides is 1. The van der Waals surface area contributed by atoms with Gasteiger partial charge in [-0.2, -0.15) is 5.10 Å². The molecule has 0 bridgehead atoms. The molecule has 0 aliphatic rings. The minimum atomic E-state index is -0.594. The molecule has 10 heteroatoms. The van der Waals surface area contributed by atoms with Gasteiger partial charge >= 0.3 is 5.97 Å². The van der Waals surface area contributed by atoms with E-state index in [9.17, 15) is 14.0 Å². The van der Waals surface area contributed by atoms with Crippen LogP contribution in [0.2, 0.25) is 5.02 Å². The first kappa shape index (κ1) is 27.4. The third-order valence-corrected chi connectivity index (χ3v) is 6.58. The molecule has 4 aromatic carbocycles. The van der Waals surface area contributed by atoms with Crippen LogP contribution in [0.5, 0.6) is 17.2 Å². The Morgan fingerprint density at radius 2 is 1.71 bits per heavy atom. The number of nitrogens with one attached hydrogen (secondary N) is 2. The lowest BCUT2D eigenvalue weighted by molar-refractivity contribution is 0.0729. The normalized spacial score (nSPS) is 11.0. The zero-order valence-electron chi connectivity index (χ0n) is 21.9. The Morgan fingerprint density at radius 1 is 0.927 bits per heavy atom. The molecule has 0 spiro atoms. The maximum absolute atomic E-state index is 14.6. The van der Waals surface area contributed by atoms with Crippen LogP contribution >= 0.6 is 11.6 Å². The van der Waals surface area contributed by atoms with Crippen molar-refractivity contribution in [1.29, 1.82) is 0 Å². The lowest BCUT2D eigenvalue weighted by Crippen LogP contribution is -2.19. The highest BCUT2D eigenvalue weighted by Gasteiger charge is 2.22. The smallest absolute Gasteiger partial charge is 0.343 e. The van der Waals surface area contributed by atoms with Crippen LogP contribution in [0, 0.1) is 5.82 Å². The number of carbonyl (C=O) groups is 2. The molecule has 8 nitrogen and oxygen atoms in total. The van der Waals surface area contributed by atoms with E-state index in [-0.39, 0.29) is 22.7 Å². The van der Waals surface area contributed by atoms with Gasteiger partial charge in [-0.25, -0.2) is 14.6 Å². The molecule has 0 atom stereocenters. The summed E-state index contributed by atoms with van der Waals surface area (Å²) >= 11 is 6.42. The van der Waals surface area contributed by atoms with Crippen molar-refractivity contribution in [3.63, 3.8) is 0 Å². The molecule has 0 saturated carbocycles. The first-order chi connectivity index (χ1) is 19.9. The summed E-state index contributed by atoms with van der Waals surface area (Å²) in [5.74, 6) is -0.550. The van der Waals surface area contributed by atoms with Gasteiger partial charge in [0.1, 0.15) is 17.3 Å². The van der Waals surface area contributed by atoms with Gasteiger partial charge in [0.2, 0.25) is 0 Å². The number of nitrogens with zero attached hydrogens (tertiary/aromatic N) is 1. The number of aromatic nitrogens is 1. The molecule has 0 unspecified atom stereocenters. The number of para-hydroxylation sites is 1. The van der Waals surface area contributed by atoms with Crippen molar-refractivity contribution >= 4 is 40.6 Å². The highest BCUT2D eigenvalue weighted by Crippen LogP contribution is 2.37. The molecule has 2 N–H and O–H groups in total. The third-order valence-electron chi connectivity index (χ3n) is 6.25. The summed E-state index contributed by atoms with van der Waals surface area (Å²) in [6.45, 7) is 0. The molecular weight excluding hydrogens is 549 g/mol. The topological polar surface area (TPSA) is 102 Å². The Morgan fingerprint density at radius 3 is 2.44 bits per heavy atom. The number of hydrazone groups is 1. The Labute approximate surface area is 239 Å². The van der Waals surface area contributed by atoms with E-state index >= 15 is 0 Å². The first-order valence-corrected chi connectivity index (χ1v) is 12.7. The zero-order chi connectivity index (χ0) is 28.9. The molecule has 5 rings (SSSR count). The first-order valence-electron chi connectivity index (χ1n) is 12.3. The fourth-order valence-corrected chi connectivity index (χ4v) is 4.48. The molecule has 0 saturated heterocycles. The van der Waals surface area contributed by atoms with Crippen LogP contribution in [-0.2, 0) is 0 Å². The molecule has 0 radical (unpaired) electrons. The summed E-state index contributed by atoms with van der Waals surface area (Å²) in [6.07, 6.45) is 1.40. The highest BCUT2D eigenvalue weighted by molar-refractivity contribution is 6.34. The second-order valence-corrected chi connectivity index (χ2v) is 9.15. The fourth-order valence-electron chi connectivity index (χ4n) is 4.25. The number of halogens is 2. The van der Waals surface area contributed by atoms with Crippen molar-refractivity contribution in [2.45, 2.75) is 0 Å². The number of rotatable bonds is 8. The number of fused-ring (bicyclic) bond motifs is 1. The standard InChI is InChI=1S/C31H23ClFN3O5/c1-39-20-13-11-19(12-14-20)31(38)41-25-15-10-18(16-26(25)40-2)17-34-36-30(37)29-27(21-6-3-4-8-23(21)32)22-7-5-9-24(33)28(22)35-29/h3-17,35H,1-2H3,(H,36,37). The number of methoxy groups -OCH3 is 2. The number of H-pyrrole nitrogens is 1. The van der Waals surface area contributed by atoms with Gasteiger partial charge in [-0.3, -0.25) is 4.79 Å². The van der Waals surface area contributed by atoms with Crippen LogP contribution in [0.1, 0.15) is 26.4 Å². The molecule has 0 aliphatic carbocycles. The molecule has 0 aliphatic heterocycles. The Kier molecular flexibility index (Phi) is 7.98. The molecule has 41 heavy (non-hydrogen) atoms. The van der Waals surface area contributed by atoms with E-state index in [4.69, 9.17) is 25.8 Å². The zero-order valence-corrected chi connectivity index (χ0v) is 22.7. The minimum Gasteiger partial charge on any atom is -0.497 e. The number of hydrogen-bond donors (Lipinski definition) is 2. The summed E-state index contributed by atoms with van der Waals surface area (Å²) in [6, 6.07) is 22.9. The number of ether oxygens (including phenoxy) is 3. The average Bonchev–Trinajstić information content (AvgIpc) is 3.39. The minimum absolute atomic E-state index is 0.105. The fraction of sp³-hybridized carbons (Fsp3) is 0.0645. The SMILES string of the molecule is COc1ccc(C(=O)Oc2ccc(C=NNC(=O)c3[nH]c4c(F)cccc4c3-c3ccccc3Cl)cc2OC)cc1. The third kappa shape index (κ3) is 5.75. The van der Waals surface area contributed by atoms with E-state index in [1.54, 1.807) is 78.9 Å². The number of aromatic amines is 1. The van der Waals surface area contributed by atoms with Crippen molar-refractivity contribution in [2.24, 2.45) is 5.10 Å². The molecule has 1 heterocycles. The number of hydrogen-bond acceptors (Lipinski definition) is 6. The molecule has 5 aromatic rings. The lowest BCUT2D eigenvalue weighted by Gasteiger charge is -2.10. The van der Waals surface area contributed by atoms with Crippen LogP contribution in [0.25, 0.3) is 22.0 Å². The number of carbonyl (C=O) groups excluding carboxylic acids is 2. The Balaban J connectivity index is 1.35. The van der Waals surface area contributed by atoms with E-state index in [0.717, 1.165) is 0 Å². The Hall–Kier alpha value is -5.15. The highest BCUT2D eigenvalue weighted by atomic mass is 35.5. The van der Waals surface area contributed by atoms with Crippen molar-refractivity contribution < 1.29 is 28.2 Å². The van der Waals surface area contributed by atoms with Gasteiger partial charge < -0.3 is 19.2 Å². The summed E-state index contributed by atoms with van der Waals surface area (Å²) in [7, 11) is 2.98. The van der Waals surface area contributed by atoms with Crippen LogP contribution in [0.15, 0.2) is 90.0 Å². The second-order valence-electron chi connectivity index (χ2n) is 8.74. The summed E-state index contributed by atoms with van der Waals surface area (Å²) in [4.78, 5) is 28.6. The summed E-state index contributed by atoms with van der Waals surface area (Å²) in [5, 5.41) is 4.97. The van der Waals surface area contributed by atoms with Crippen LogP contribution in [-0.4, -0.2) is 37.3 Å².